The van der Waals surface area contributed by atoms with E-state index in [9.17, 15) is 14.7 Å². The van der Waals surface area contributed by atoms with Crippen molar-refractivity contribution in [2.45, 2.75) is 6.04 Å². The molecule has 6 heteroatoms. The molecule has 2 aromatic heterocycles. The number of anilines is 1. The lowest BCUT2D eigenvalue weighted by molar-refractivity contribution is -0.132. The SMILES string of the molecule is O=C1C(=O)N(c2cccc3ccccc23)C(c2cccs2)/C1=C(/O)c1ccncc1. The van der Waals surface area contributed by atoms with Crippen LogP contribution in [0, 0.1) is 0 Å². The van der Waals surface area contributed by atoms with Gasteiger partial charge in [-0.1, -0.05) is 42.5 Å². The van der Waals surface area contributed by atoms with Crippen LogP contribution >= 0.6 is 11.3 Å². The van der Waals surface area contributed by atoms with Crippen molar-refractivity contribution in [3.63, 3.8) is 0 Å². The topological polar surface area (TPSA) is 70.5 Å². The Balaban J connectivity index is 1.77. The molecule has 5 nitrogen and oxygen atoms in total. The number of aliphatic hydroxyl groups excluding tert-OH is 1. The lowest BCUT2D eigenvalue weighted by Crippen LogP contribution is -2.29. The lowest BCUT2D eigenvalue weighted by atomic mass is 10.00. The summed E-state index contributed by atoms with van der Waals surface area (Å²) in [5.41, 5.74) is 1.17. The number of rotatable bonds is 3. The van der Waals surface area contributed by atoms with Gasteiger partial charge in [-0.15, -0.1) is 11.3 Å². The van der Waals surface area contributed by atoms with Gasteiger partial charge in [-0.3, -0.25) is 19.5 Å². The Labute approximate surface area is 176 Å². The maximum absolute atomic E-state index is 13.2. The van der Waals surface area contributed by atoms with Crippen molar-refractivity contribution in [1.82, 2.24) is 4.98 Å². The van der Waals surface area contributed by atoms with Crippen LogP contribution in [-0.4, -0.2) is 21.8 Å². The first kappa shape index (κ1) is 18.3. The Morgan fingerprint density at radius 2 is 1.70 bits per heavy atom. The van der Waals surface area contributed by atoms with Crippen LogP contribution < -0.4 is 4.90 Å². The maximum Gasteiger partial charge on any atom is 0.300 e. The van der Waals surface area contributed by atoms with Crippen molar-refractivity contribution in [3.05, 3.63) is 101 Å². The fourth-order valence-electron chi connectivity index (χ4n) is 3.88. The van der Waals surface area contributed by atoms with E-state index in [-0.39, 0.29) is 11.3 Å². The van der Waals surface area contributed by atoms with Gasteiger partial charge in [0.15, 0.2) is 0 Å². The molecule has 5 rings (SSSR count). The van der Waals surface area contributed by atoms with Crippen molar-refractivity contribution < 1.29 is 14.7 Å². The fourth-order valence-corrected chi connectivity index (χ4v) is 4.70. The number of thiophene rings is 1. The minimum absolute atomic E-state index is 0.0848. The second-order valence-electron chi connectivity index (χ2n) is 6.92. The molecular formula is C24H16N2O3S. The van der Waals surface area contributed by atoms with Crippen molar-refractivity contribution in [2.75, 3.05) is 4.90 Å². The normalized spacial score (nSPS) is 18.3. The van der Waals surface area contributed by atoms with E-state index >= 15 is 0 Å². The van der Waals surface area contributed by atoms with E-state index in [1.54, 1.807) is 12.1 Å². The van der Waals surface area contributed by atoms with Crippen molar-refractivity contribution >= 4 is 45.2 Å². The molecule has 0 bridgehead atoms. The number of nitrogens with zero attached hydrogens (tertiary/aromatic N) is 2. The molecule has 1 N–H and O–H groups in total. The van der Waals surface area contributed by atoms with Crippen LogP contribution in [0.15, 0.2) is 90.1 Å². The molecule has 1 atom stereocenters. The minimum atomic E-state index is -0.705. The first-order chi connectivity index (χ1) is 14.7. The van der Waals surface area contributed by atoms with E-state index in [4.69, 9.17) is 0 Å². The Kier molecular flexibility index (Phi) is 4.41. The highest BCUT2D eigenvalue weighted by Gasteiger charge is 2.47. The minimum Gasteiger partial charge on any atom is -0.507 e. The molecule has 0 radical (unpaired) electrons. The molecule has 1 amide bonds. The molecular weight excluding hydrogens is 396 g/mol. The Hall–Kier alpha value is -3.77. The predicted molar refractivity (Wildman–Crippen MR) is 117 cm³/mol. The van der Waals surface area contributed by atoms with Crippen LogP contribution in [-0.2, 0) is 9.59 Å². The van der Waals surface area contributed by atoms with E-state index in [2.05, 4.69) is 4.98 Å². The quantitative estimate of drug-likeness (QED) is 0.294. The molecule has 0 spiro atoms. The summed E-state index contributed by atoms with van der Waals surface area (Å²) in [4.78, 5) is 32.6. The summed E-state index contributed by atoms with van der Waals surface area (Å²) in [7, 11) is 0. The van der Waals surface area contributed by atoms with E-state index in [0.717, 1.165) is 15.6 Å². The van der Waals surface area contributed by atoms with E-state index in [1.165, 1.54) is 28.6 Å². The first-order valence-corrected chi connectivity index (χ1v) is 10.3. The summed E-state index contributed by atoms with van der Waals surface area (Å²) < 4.78 is 0. The average molecular weight is 412 g/mol. The molecule has 2 aromatic carbocycles. The first-order valence-electron chi connectivity index (χ1n) is 9.39. The van der Waals surface area contributed by atoms with Gasteiger partial charge in [0.05, 0.1) is 11.3 Å². The standard InChI is InChI=1S/C24H16N2O3S/c27-22(16-10-12-25-13-11-16)20-21(19-9-4-14-30-19)26(24(29)23(20)28)18-8-3-6-15-5-1-2-7-17(15)18/h1-14,21,27H/b22-20-. The van der Waals surface area contributed by atoms with E-state index in [0.29, 0.717) is 11.3 Å². The van der Waals surface area contributed by atoms with Gasteiger partial charge in [0, 0.05) is 28.2 Å². The van der Waals surface area contributed by atoms with Gasteiger partial charge in [-0.25, -0.2) is 0 Å². The number of aromatic nitrogens is 1. The van der Waals surface area contributed by atoms with Gasteiger partial charge in [0.2, 0.25) is 0 Å². The number of benzene rings is 2. The second-order valence-corrected chi connectivity index (χ2v) is 7.90. The third-order valence-electron chi connectivity index (χ3n) is 5.24. The third kappa shape index (κ3) is 2.81. The van der Waals surface area contributed by atoms with Crippen LogP contribution in [0.25, 0.3) is 16.5 Å². The summed E-state index contributed by atoms with van der Waals surface area (Å²) in [6.45, 7) is 0. The number of fused-ring (bicyclic) bond motifs is 1. The molecule has 1 aliphatic rings. The number of amides is 1. The maximum atomic E-state index is 13.2. The molecule has 1 fully saturated rings. The van der Waals surface area contributed by atoms with E-state index in [1.807, 2.05) is 60.0 Å². The summed E-state index contributed by atoms with van der Waals surface area (Å²) in [5, 5.41) is 14.7. The Bertz CT molecular complexity index is 1290. The largest absolute Gasteiger partial charge is 0.507 e. The van der Waals surface area contributed by atoms with Crippen LogP contribution in [0.1, 0.15) is 16.5 Å². The molecule has 1 unspecified atom stereocenters. The van der Waals surface area contributed by atoms with Crippen LogP contribution in [0.4, 0.5) is 5.69 Å². The number of ketones is 1. The monoisotopic (exact) mass is 412 g/mol. The van der Waals surface area contributed by atoms with Gasteiger partial charge in [-0.2, -0.15) is 0 Å². The molecule has 1 saturated heterocycles. The zero-order valence-corrected chi connectivity index (χ0v) is 16.5. The molecule has 3 heterocycles. The Morgan fingerprint density at radius 3 is 2.47 bits per heavy atom. The highest BCUT2D eigenvalue weighted by Crippen LogP contribution is 2.45. The van der Waals surface area contributed by atoms with Crippen molar-refractivity contribution in [1.29, 1.82) is 0 Å². The number of hydrogen-bond donors (Lipinski definition) is 1. The van der Waals surface area contributed by atoms with Crippen LogP contribution in [0.5, 0.6) is 0 Å². The second kappa shape index (κ2) is 7.24. The molecule has 0 saturated carbocycles. The number of Topliss-reactive ketones (excluding diaryl/α,β-unsaturated/α-hetero) is 1. The summed E-state index contributed by atoms with van der Waals surface area (Å²) >= 11 is 1.44. The Morgan fingerprint density at radius 1 is 0.933 bits per heavy atom. The highest BCUT2D eigenvalue weighted by molar-refractivity contribution is 7.10. The van der Waals surface area contributed by atoms with Gasteiger partial charge < -0.3 is 5.11 Å². The summed E-state index contributed by atoms with van der Waals surface area (Å²) in [6.07, 6.45) is 3.08. The summed E-state index contributed by atoms with van der Waals surface area (Å²) in [5.74, 6) is -1.55. The van der Waals surface area contributed by atoms with Crippen LogP contribution in [0.2, 0.25) is 0 Å². The predicted octanol–water partition coefficient (Wildman–Crippen LogP) is 4.92. The van der Waals surface area contributed by atoms with Gasteiger partial charge in [-0.05, 0) is 35.0 Å². The number of carbonyl (C=O) groups excluding carboxylic acids is 2. The van der Waals surface area contributed by atoms with Crippen LogP contribution in [0.3, 0.4) is 0 Å². The zero-order chi connectivity index (χ0) is 20.7. The smallest absolute Gasteiger partial charge is 0.300 e. The lowest BCUT2D eigenvalue weighted by Gasteiger charge is -2.25. The molecule has 146 valence electrons. The average Bonchev–Trinajstić information content (AvgIpc) is 3.41. The number of hydrogen-bond acceptors (Lipinski definition) is 5. The zero-order valence-electron chi connectivity index (χ0n) is 15.7. The van der Waals surface area contributed by atoms with Gasteiger partial charge in [0.25, 0.3) is 11.7 Å². The number of aliphatic hydroxyl groups is 1. The molecule has 1 aliphatic heterocycles. The molecule has 30 heavy (non-hydrogen) atoms. The van der Waals surface area contributed by atoms with E-state index < -0.39 is 17.7 Å². The number of carbonyl (C=O) groups is 2. The molecule has 0 aliphatic carbocycles. The fraction of sp³-hybridized carbons (Fsp3) is 0.0417. The molecule has 4 aromatic rings. The van der Waals surface area contributed by atoms with Crippen molar-refractivity contribution in [2.24, 2.45) is 0 Å². The third-order valence-corrected chi connectivity index (χ3v) is 6.16. The highest BCUT2D eigenvalue weighted by atomic mass is 32.1. The van der Waals surface area contributed by atoms with Gasteiger partial charge in [0.1, 0.15) is 11.8 Å². The summed E-state index contributed by atoms with van der Waals surface area (Å²) in [6, 6.07) is 19.7. The number of pyridine rings is 1. The van der Waals surface area contributed by atoms with Crippen molar-refractivity contribution in [3.8, 4) is 0 Å². The van der Waals surface area contributed by atoms with Gasteiger partial charge >= 0.3 is 0 Å².